The van der Waals surface area contributed by atoms with Gasteiger partial charge in [-0.15, -0.1) is 0 Å². The minimum atomic E-state index is -1.40. The maximum absolute atomic E-state index is 11.8. The first-order chi connectivity index (χ1) is 13.2. The Morgan fingerprint density at radius 1 is 1.00 bits per heavy atom. The predicted molar refractivity (Wildman–Crippen MR) is 105 cm³/mol. The van der Waals surface area contributed by atoms with Crippen molar-refractivity contribution in [2.24, 2.45) is 5.16 Å². The number of benzene rings is 2. The molecule has 0 radical (unpaired) electrons. The third-order valence-electron chi connectivity index (χ3n) is 3.27. The van der Waals surface area contributed by atoms with Crippen LogP contribution in [0.4, 0.5) is 9.59 Å². The van der Waals surface area contributed by atoms with Crippen LogP contribution in [-0.4, -0.2) is 28.9 Å². The highest BCUT2D eigenvalue weighted by Gasteiger charge is 2.18. The molecular formula is C20H23N3O5. The second-order valence-corrected chi connectivity index (χ2v) is 6.84. The van der Waals surface area contributed by atoms with Gasteiger partial charge in [0.15, 0.2) is 0 Å². The quantitative estimate of drug-likeness (QED) is 0.420. The van der Waals surface area contributed by atoms with Gasteiger partial charge in [-0.3, -0.25) is 10.6 Å². The van der Waals surface area contributed by atoms with Crippen LogP contribution in [0.3, 0.4) is 0 Å². The Morgan fingerprint density at radius 2 is 1.68 bits per heavy atom. The van der Waals surface area contributed by atoms with E-state index in [1.54, 1.807) is 20.8 Å². The fraction of sp³-hybridized carbons (Fsp3) is 0.250. The molecule has 3 N–H and O–H groups in total. The number of guanidine groups is 1. The van der Waals surface area contributed by atoms with E-state index in [1.165, 1.54) is 0 Å². The number of carbonyl (C=O) groups is 2. The van der Waals surface area contributed by atoms with Gasteiger partial charge in [0, 0.05) is 0 Å². The Morgan fingerprint density at radius 3 is 2.32 bits per heavy atom. The number of ether oxygens (including phenoxy) is 1. The Bertz CT molecular complexity index is 844. The van der Waals surface area contributed by atoms with Crippen molar-refractivity contribution in [2.45, 2.75) is 33.0 Å². The van der Waals surface area contributed by atoms with Crippen molar-refractivity contribution in [1.82, 2.24) is 10.6 Å². The molecular weight excluding hydrogens is 362 g/mol. The maximum Gasteiger partial charge on any atom is 0.414 e. The summed E-state index contributed by atoms with van der Waals surface area (Å²) in [6.45, 7) is 5.14. The maximum atomic E-state index is 11.8. The smallest absolute Gasteiger partial charge is 0.414 e. The van der Waals surface area contributed by atoms with Crippen LogP contribution in [-0.2, 0) is 16.2 Å². The number of carboxylic acid groups (broad SMARTS) is 1. The molecule has 0 fully saturated rings. The van der Waals surface area contributed by atoms with E-state index < -0.39 is 17.8 Å². The molecule has 0 atom stereocenters. The first-order valence-corrected chi connectivity index (χ1v) is 8.57. The van der Waals surface area contributed by atoms with Gasteiger partial charge in [0.1, 0.15) is 12.2 Å². The monoisotopic (exact) mass is 385 g/mol. The third-order valence-corrected chi connectivity index (χ3v) is 3.27. The summed E-state index contributed by atoms with van der Waals surface area (Å²) in [5, 5.41) is 16.7. The summed E-state index contributed by atoms with van der Waals surface area (Å²) in [6.07, 6.45) is -2.25. The van der Waals surface area contributed by atoms with Crippen LogP contribution in [0, 0.1) is 0 Å². The van der Waals surface area contributed by atoms with Gasteiger partial charge in [-0.1, -0.05) is 48.5 Å². The van der Waals surface area contributed by atoms with Crippen LogP contribution < -0.4 is 10.6 Å². The van der Waals surface area contributed by atoms with Crippen LogP contribution in [0.15, 0.2) is 59.8 Å². The number of hydrogen-bond donors (Lipinski definition) is 3. The molecule has 0 saturated heterocycles. The van der Waals surface area contributed by atoms with Crippen molar-refractivity contribution >= 4 is 18.1 Å². The number of carbonyl (C=O) groups excluding carboxylic acids is 1. The van der Waals surface area contributed by atoms with Gasteiger partial charge < -0.3 is 14.7 Å². The van der Waals surface area contributed by atoms with Gasteiger partial charge in [-0.05, 0) is 48.7 Å². The molecule has 0 spiro atoms. The van der Waals surface area contributed by atoms with Gasteiger partial charge in [0.05, 0.1) is 0 Å². The number of nitrogens with zero attached hydrogens (tertiary/aromatic N) is 1. The second-order valence-electron chi connectivity index (χ2n) is 6.84. The minimum absolute atomic E-state index is 0.0848. The van der Waals surface area contributed by atoms with Crippen molar-refractivity contribution in [3.05, 3.63) is 60.2 Å². The predicted octanol–water partition coefficient (Wildman–Crippen LogP) is 3.93. The van der Waals surface area contributed by atoms with Crippen molar-refractivity contribution in [1.29, 1.82) is 0 Å². The summed E-state index contributed by atoms with van der Waals surface area (Å²) in [4.78, 5) is 27.9. The van der Waals surface area contributed by atoms with Crippen LogP contribution in [0.5, 0.6) is 0 Å². The molecule has 0 aliphatic heterocycles. The number of oxime groups is 1. The molecule has 8 nitrogen and oxygen atoms in total. The zero-order chi connectivity index (χ0) is 20.6. The molecule has 0 saturated carbocycles. The van der Waals surface area contributed by atoms with E-state index >= 15 is 0 Å². The molecule has 0 unspecified atom stereocenters. The highest BCUT2D eigenvalue weighted by molar-refractivity contribution is 6.00. The second kappa shape index (κ2) is 9.40. The largest absolute Gasteiger partial charge is 0.465 e. The molecule has 0 aliphatic rings. The molecule has 2 rings (SSSR count). The van der Waals surface area contributed by atoms with Crippen LogP contribution in [0.1, 0.15) is 26.3 Å². The van der Waals surface area contributed by atoms with Gasteiger partial charge >= 0.3 is 12.2 Å². The van der Waals surface area contributed by atoms with Crippen LogP contribution >= 0.6 is 0 Å². The fourth-order valence-electron chi connectivity index (χ4n) is 2.22. The molecule has 0 aromatic heterocycles. The summed E-state index contributed by atoms with van der Waals surface area (Å²) >= 11 is 0. The number of amides is 2. The number of rotatable bonds is 4. The van der Waals surface area contributed by atoms with Crippen LogP contribution in [0.25, 0.3) is 11.1 Å². The van der Waals surface area contributed by atoms with E-state index in [0.717, 1.165) is 16.7 Å². The highest BCUT2D eigenvalue weighted by atomic mass is 16.6. The first-order valence-electron chi connectivity index (χ1n) is 8.57. The molecule has 2 aromatic carbocycles. The highest BCUT2D eigenvalue weighted by Crippen LogP contribution is 2.20. The minimum Gasteiger partial charge on any atom is -0.465 e. The summed E-state index contributed by atoms with van der Waals surface area (Å²) in [6, 6.07) is 17.5. The van der Waals surface area contributed by atoms with Gasteiger partial charge in [0.2, 0.25) is 0 Å². The molecule has 8 heteroatoms. The lowest BCUT2D eigenvalue weighted by molar-refractivity contribution is 0.0555. The van der Waals surface area contributed by atoms with E-state index in [0.29, 0.717) is 0 Å². The third kappa shape index (κ3) is 7.36. The Balaban J connectivity index is 2.02. The lowest BCUT2D eigenvalue weighted by Crippen LogP contribution is -2.45. The Labute approximate surface area is 163 Å². The van der Waals surface area contributed by atoms with Gasteiger partial charge in [-0.25, -0.2) is 9.59 Å². The molecule has 0 bridgehead atoms. The Kier molecular flexibility index (Phi) is 6.97. The SMILES string of the molecule is CC(C)(C)OC(=O)NC(=NOCc1cccc(-c2ccccc2)c1)NC(=O)O. The average Bonchev–Trinajstić information content (AvgIpc) is 2.60. The molecule has 2 amide bonds. The normalized spacial score (nSPS) is 11.5. The van der Waals surface area contributed by atoms with E-state index in [9.17, 15) is 9.59 Å². The first kappa shape index (κ1) is 20.8. The molecule has 148 valence electrons. The standard InChI is InChI=1S/C20H23N3O5/c1-20(2,3)28-19(26)22-17(21-18(24)25)23-27-13-14-8-7-11-16(12-14)15-9-5-4-6-10-15/h4-12H,13H2,1-3H3,(H,24,25)(H2,21,22,23,26). The van der Waals surface area contributed by atoms with Crippen molar-refractivity contribution < 1.29 is 24.3 Å². The van der Waals surface area contributed by atoms with Crippen molar-refractivity contribution in [2.75, 3.05) is 0 Å². The number of alkyl carbamates (subject to hydrolysis) is 1. The summed E-state index contributed by atoms with van der Waals surface area (Å²) in [7, 11) is 0. The molecule has 0 aliphatic carbocycles. The summed E-state index contributed by atoms with van der Waals surface area (Å²) in [5.41, 5.74) is 2.17. The van der Waals surface area contributed by atoms with E-state index in [-0.39, 0.29) is 12.6 Å². The van der Waals surface area contributed by atoms with Crippen molar-refractivity contribution in [3.8, 4) is 11.1 Å². The Hall–Kier alpha value is -3.55. The molecule has 28 heavy (non-hydrogen) atoms. The average molecular weight is 385 g/mol. The number of hydrogen-bond acceptors (Lipinski definition) is 5. The van der Waals surface area contributed by atoms with Crippen LogP contribution in [0.2, 0.25) is 0 Å². The van der Waals surface area contributed by atoms with Crippen molar-refractivity contribution in [3.63, 3.8) is 0 Å². The van der Waals surface area contributed by atoms with Gasteiger partial charge in [-0.2, -0.15) is 0 Å². The number of nitrogens with one attached hydrogen (secondary N) is 2. The molecule has 2 aromatic rings. The zero-order valence-electron chi connectivity index (χ0n) is 15.9. The van der Waals surface area contributed by atoms with E-state index in [1.807, 2.05) is 59.9 Å². The lowest BCUT2D eigenvalue weighted by Gasteiger charge is -2.19. The van der Waals surface area contributed by atoms with E-state index in [2.05, 4.69) is 10.5 Å². The lowest BCUT2D eigenvalue weighted by atomic mass is 10.0. The summed E-state index contributed by atoms with van der Waals surface area (Å²) < 4.78 is 5.06. The van der Waals surface area contributed by atoms with Gasteiger partial charge in [0.25, 0.3) is 5.96 Å². The topological polar surface area (TPSA) is 109 Å². The van der Waals surface area contributed by atoms with E-state index in [4.69, 9.17) is 14.7 Å². The summed E-state index contributed by atoms with van der Waals surface area (Å²) in [5.74, 6) is -0.388. The zero-order valence-corrected chi connectivity index (χ0v) is 15.9. The fourth-order valence-corrected chi connectivity index (χ4v) is 2.22. The molecule has 0 heterocycles.